The third-order valence-electron chi connectivity index (χ3n) is 7.93. The number of likely N-dealkylation sites (tertiary alicyclic amines) is 1. The van der Waals surface area contributed by atoms with E-state index < -0.39 is 6.04 Å². The second-order valence-corrected chi connectivity index (χ2v) is 10.1. The summed E-state index contributed by atoms with van der Waals surface area (Å²) in [5.41, 5.74) is 2.66. The first kappa shape index (κ1) is 22.2. The van der Waals surface area contributed by atoms with Crippen molar-refractivity contribution in [3.8, 4) is 5.75 Å². The molecule has 1 N–H and O–H groups in total. The number of amides is 3. The minimum atomic E-state index is -0.599. The number of fused-ring (bicyclic) bond motifs is 1. The molecule has 6 rings (SSSR count). The van der Waals surface area contributed by atoms with Crippen LogP contribution in [0.3, 0.4) is 0 Å². The van der Waals surface area contributed by atoms with Crippen LogP contribution in [0.25, 0.3) is 0 Å². The van der Waals surface area contributed by atoms with Gasteiger partial charge in [-0.15, -0.1) is 0 Å². The number of benzene rings is 1. The number of carbonyl (C=O) groups is 3. The average Bonchev–Trinajstić information content (AvgIpc) is 3.15. The lowest BCUT2D eigenvalue weighted by Gasteiger charge is -2.48. The Morgan fingerprint density at radius 1 is 1.00 bits per heavy atom. The Labute approximate surface area is 204 Å². The van der Waals surface area contributed by atoms with Gasteiger partial charge in [-0.3, -0.25) is 29.6 Å². The number of pyridine rings is 1. The Hall–Kier alpha value is -3.26. The summed E-state index contributed by atoms with van der Waals surface area (Å²) in [5, 5.41) is 2.35. The monoisotopic (exact) mass is 474 g/mol. The van der Waals surface area contributed by atoms with Gasteiger partial charge in [-0.2, -0.15) is 0 Å². The highest BCUT2D eigenvalue weighted by Gasteiger charge is 2.41. The molecule has 2 aromatic rings. The maximum atomic E-state index is 13.0. The molecule has 4 heterocycles. The molecule has 1 saturated carbocycles. The van der Waals surface area contributed by atoms with Crippen LogP contribution in [0.2, 0.25) is 0 Å². The predicted molar refractivity (Wildman–Crippen MR) is 128 cm³/mol. The molecule has 3 unspecified atom stereocenters. The van der Waals surface area contributed by atoms with Gasteiger partial charge in [-0.05, 0) is 61.6 Å². The number of nitrogens with zero attached hydrogens (tertiary/aromatic N) is 3. The maximum Gasteiger partial charge on any atom is 0.255 e. The summed E-state index contributed by atoms with van der Waals surface area (Å²) in [6.45, 7) is 2.39. The van der Waals surface area contributed by atoms with Crippen LogP contribution in [0.15, 0.2) is 42.6 Å². The van der Waals surface area contributed by atoms with Gasteiger partial charge in [0.15, 0.2) is 0 Å². The lowest BCUT2D eigenvalue weighted by atomic mass is 9.85. The normalized spacial score (nSPS) is 27.4. The zero-order chi connectivity index (χ0) is 23.9. The number of hydrogen-bond acceptors (Lipinski definition) is 6. The molecule has 4 aliphatic rings. The summed E-state index contributed by atoms with van der Waals surface area (Å²) < 4.78 is 6.53. The van der Waals surface area contributed by atoms with Crippen LogP contribution >= 0.6 is 0 Å². The Bertz CT molecular complexity index is 1150. The summed E-state index contributed by atoms with van der Waals surface area (Å²) in [5.74, 6) is 0.449. The Kier molecular flexibility index (Phi) is 5.76. The molecular formula is C27H30N4O4. The predicted octanol–water partition coefficient (Wildman–Crippen LogP) is 2.63. The number of imide groups is 1. The number of rotatable bonds is 5. The number of piperidine rings is 1. The van der Waals surface area contributed by atoms with E-state index in [4.69, 9.17) is 4.74 Å². The van der Waals surface area contributed by atoms with Crippen LogP contribution in [0.5, 0.6) is 5.75 Å². The summed E-state index contributed by atoms with van der Waals surface area (Å²) in [6.07, 6.45) is 7.14. The van der Waals surface area contributed by atoms with E-state index in [2.05, 4.69) is 27.3 Å². The molecular weight excluding hydrogens is 444 g/mol. The number of carbonyl (C=O) groups excluding carboxylic acids is 3. The second-order valence-electron chi connectivity index (χ2n) is 10.1. The Balaban J connectivity index is 1.12. The maximum absolute atomic E-state index is 13.0. The van der Waals surface area contributed by atoms with E-state index in [9.17, 15) is 14.4 Å². The zero-order valence-corrected chi connectivity index (χ0v) is 19.7. The van der Waals surface area contributed by atoms with Gasteiger partial charge >= 0.3 is 0 Å². The fourth-order valence-electron chi connectivity index (χ4n) is 6.02. The van der Waals surface area contributed by atoms with Crippen molar-refractivity contribution in [3.05, 3.63) is 59.4 Å². The van der Waals surface area contributed by atoms with E-state index >= 15 is 0 Å². The molecule has 3 fully saturated rings. The average molecular weight is 475 g/mol. The van der Waals surface area contributed by atoms with Gasteiger partial charge in [-0.25, -0.2) is 0 Å². The summed E-state index contributed by atoms with van der Waals surface area (Å²) in [4.78, 5) is 45.4. The van der Waals surface area contributed by atoms with Gasteiger partial charge in [0.25, 0.3) is 5.91 Å². The fraction of sp³-hybridized carbons (Fsp3) is 0.481. The summed E-state index contributed by atoms with van der Waals surface area (Å²) >= 11 is 0. The van der Waals surface area contributed by atoms with Crippen LogP contribution in [-0.2, 0) is 16.1 Å². The number of nitrogens with one attached hydrogen (secondary N) is 1. The fourth-order valence-corrected chi connectivity index (χ4v) is 6.02. The first-order valence-electron chi connectivity index (χ1n) is 12.7. The van der Waals surface area contributed by atoms with Gasteiger partial charge < -0.3 is 9.64 Å². The highest BCUT2D eigenvalue weighted by Crippen LogP contribution is 2.36. The van der Waals surface area contributed by atoms with Crippen LogP contribution in [0.4, 0.5) is 0 Å². The standard InChI is InChI=1S/C27H30N4O4/c32-25-11-10-23(26(33)29-25)31-16-17-13-19(8-9-20(17)27(31)34)35-24-7-2-1-6-22(24)30-14-18(15-30)21-5-3-4-12-28-21/h3-5,8-9,12-13,18,22-24H,1-2,6-7,10-11,14-16H2,(H,29,32,33). The molecule has 3 atom stereocenters. The molecule has 3 aliphatic heterocycles. The minimum absolute atomic E-state index is 0.120. The van der Waals surface area contributed by atoms with Crippen molar-refractivity contribution < 1.29 is 19.1 Å². The third kappa shape index (κ3) is 4.20. The van der Waals surface area contributed by atoms with Crippen molar-refractivity contribution in [2.75, 3.05) is 13.1 Å². The second kappa shape index (κ2) is 9.07. The smallest absolute Gasteiger partial charge is 0.255 e. The molecule has 182 valence electrons. The molecule has 1 aliphatic carbocycles. The highest BCUT2D eigenvalue weighted by molar-refractivity contribution is 6.05. The van der Waals surface area contributed by atoms with Crippen molar-refractivity contribution in [2.24, 2.45) is 0 Å². The van der Waals surface area contributed by atoms with Gasteiger partial charge in [-0.1, -0.05) is 12.5 Å². The molecule has 0 bridgehead atoms. The number of hydrogen-bond donors (Lipinski definition) is 1. The lowest BCUT2D eigenvalue weighted by Crippen LogP contribution is -2.57. The Morgan fingerprint density at radius 3 is 2.66 bits per heavy atom. The van der Waals surface area contributed by atoms with E-state index in [1.165, 1.54) is 12.1 Å². The van der Waals surface area contributed by atoms with Crippen molar-refractivity contribution >= 4 is 17.7 Å². The first-order valence-corrected chi connectivity index (χ1v) is 12.7. The summed E-state index contributed by atoms with van der Waals surface area (Å²) in [6, 6.07) is 11.6. The lowest BCUT2D eigenvalue weighted by molar-refractivity contribution is -0.136. The Morgan fingerprint density at radius 2 is 1.86 bits per heavy atom. The molecule has 1 aromatic heterocycles. The topological polar surface area (TPSA) is 91.8 Å². The van der Waals surface area contributed by atoms with Crippen molar-refractivity contribution in [1.82, 2.24) is 20.1 Å². The summed E-state index contributed by atoms with van der Waals surface area (Å²) in [7, 11) is 0. The molecule has 8 nitrogen and oxygen atoms in total. The van der Waals surface area contributed by atoms with Crippen LogP contribution < -0.4 is 10.1 Å². The molecule has 2 saturated heterocycles. The molecule has 3 amide bonds. The molecule has 8 heteroatoms. The van der Waals surface area contributed by atoms with Crippen LogP contribution in [0, 0.1) is 0 Å². The SMILES string of the molecule is O=C1CCC(N2Cc3cc(OC4CCCCC4N4CC(c5ccccn5)C4)ccc3C2=O)C(=O)N1. The van der Waals surface area contributed by atoms with Crippen molar-refractivity contribution in [3.63, 3.8) is 0 Å². The van der Waals surface area contributed by atoms with E-state index in [0.717, 1.165) is 43.7 Å². The number of aromatic nitrogens is 1. The van der Waals surface area contributed by atoms with Crippen LogP contribution in [-0.4, -0.2) is 63.8 Å². The highest BCUT2D eigenvalue weighted by atomic mass is 16.5. The first-order chi connectivity index (χ1) is 17.1. The number of ether oxygens (including phenoxy) is 1. The molecule has 0 radical (unpaired) electrons. The van der Waals surface area contributed by atoms with E-state index in [1.54, 1.807) is 4.90 Å². The van der Waals surface area contributed by atoms with Gasteiger partial charge in [0.2, 0.25) is 11.8 Å². The molecule has 1 aromatic carbocycles. The quantitative estimate of drug-likeness (QED) is 0.670. The largest absolute Gasteiger partial charge is 0.489 e. The van der Waals surface area contributed by atoms with Gasteiger partial charge in [0, 0.05) is 55.5 Å². The third-order valence-corrected chi connectivity index (χ3v) is 7.93. The van der Waals surface area contributed by atoms with Crippen molar-refractivity contribution in [2.45, 2.75) is 69.2 Å². The van der Waals surface area contributed by atoms with Crippen LogP contribution in [0.1, 0.15) is 66.1 Å². The van der Waals surface area contributed by atoms with E-state index in [-0.39, 0.29) is 30.2 Å². The van der Waals surface area contributed by atoms with E-state index in [1.807, 2.05) is 30.5 Å². The van der Waals surface area contributed by atoms with Gasteiger partial charge in [0.05, 0.1) is 0 Å². The molecule has 0 spiro atoms. The van der Waals surface area contributed by atoms with E-state index in [0.29, 0.717) is 30.5 Å². The zero-order valence-electron chi connectivity index (χ0n) is 19.7. The van der Waals surface area contributed by atoms with Crippen molar-refractivity contribution in [1.29, 1.82) is 0 Å². The van der Waals surface area contributed by atoms with Gasteiger partial charge in [0.1, 0.15) is 17.9 Å². The molecule has 35 heavy (non-hydrogen) atoms. The minimum Gasteiger partial charge on any atom is -0.489 e.